The van der Waals surface area contributed by atoms with E-state index in [0.717, 1.165) is 24.4 Å². The Hall–Kier alpha value is -1.22. The highest BCUT2D eigenvalue weighted by molar-refractivity contribution is 5.46. The predicted octanol–water partition coefficient (Wildman–Crippen LogP) is 1.41. The van der Waals surface area contributed by atoms with Crippen molar-refractivity contribution < 1.29 is 0 Å². The molecule has 0 amide bonds. The molecule has 0 saturated heterocycles. The SMILES string of the molecule is CNCCC=Cc1cnc(C)nc1. The van der Waals surface area contributed by atoms with E-state index in [0.29, 0.717) is 0 Å². The Labute approximate surface area is 78.9 Å². The Morgan fingerprint density at radius 3 is 2.69 bits per heavy atom. The normalized spacial score (nSPS) is 10.9. The molecule has 0 radical (unpaired) electrons. The van der Waals surface area contributed by atoms with E-state index in [1.165, 1.54) is 0 Å². The summed E-state index contributed by atoms with van der Waals surface area (Å²) < 4.78 is 0. The van der Waals surface area contributed by atoms with Gasteiger partial charge >= 0.3 is 0 Å². The van der Waals surface area contributed by atoms with Crippen molar-refractivity contribution in [3.8, 4) is 0 Å². The number of hydrogen-bond acceptors (Lipinski definition) is 3. The highest BCUT2D eigenvalue weighted by Gasteiger charge is 1.87. The van der Waals surface area contributed by atoms with Gasteiger partial charge in [-0.25, -0.2) is 9.97 Å². The summed E-state index contributed by atoms with van der Waals surface area (Å²) in [5.74, 6) is 0.812. The summed E-state index contributed by atoms with van der Waals surface area (Å²) >= 11 is 0. The molecule has 3 nitrogen and oxygen atoms in total. The van der Waals surface area contributed by atoms with Crippen molar-refractivity contribution in [3.63, 3.8) is 0 Å². The molecule has 1 heterocycles. The van der Waals surface area contributed by atoms with Crippen LogP contribution >= 0.6 is 0 Å². The van der Waals surface area contributed by atoms with Crippen molar-refractivity contribution in [1.82, 2.24) is 15.3 Å². The van der Waals surface area contributed by atoms with Crippen molar-refractivity contribution >= 4 is 6.08 Å². The van der Waals surface area contributed by atoms with Crippen LogP contribution in [-0.4, -0.2) is 23.6 Å². The Kier molecular flexibility index (Phi) is 4.12. The molecule has 0 spiro atoms. The summed E-state index contributed by atoms with van der Waals surface area (Å²) in [6, 6.07) is 0. The highest BCUT2D eigenvalue weighted by atomic mass is 14.8. The molecule has 0 unspecified atom stereocenters. The molecule has 1 rings (SSSR count). The van der Waals surface area contributed by atoms with Gasteiger partial charge < -0.3 is 5.32 Å². The van der Waals surface area contributed by atoms with Crippen LogP contribution in [0.1, 0.15) is 17.8 Å². The second-order valence-electron chi connectivity index (χ2n) is 2.86. The lowest BCUT2D eigenvalue weighted by Gasteiger charge is -1.93. The number of rotatable bonds is 4. The van der Waals surface area contributed by atoms with E-state index in [1.54, 1.807) is 0 Å². The zero-order valence-corrected chi connectivity index (χ0v) is 8.12. The van der Waals surface area contributed by atoms with Gasteiger partial charge in [0.05, 0.1) is 0 Å². The van der Waals surface area contributed by atoms with E-state index < -0.39 is 0 Å². The maximum Gasteiger partial charge on any atom is 0.125 e. The summed E-state index contributed by atoms with van der Waals surface area (Å²) in [6.07, 6.45) is 8.85. The van der Waals surface area contributed by atoms with Gasteiger partial charge in [0.15, 0.2) is 0 Å². The molecule has 0 aliphatic heterocycles. The van der Waals surface area contributed by atoms with Crippen LogP contribution in [0.5, 0.6) is 0 Å². The number of aryl methyl sites for hydroxylation is 1. The van der Waals surface area contributed by atoms with Crippen molar-refractivity contribution in [1.29, 1.82) is 0 Å². The van der Waals surface area contributed by atoms with Crippen LogP contribution < -0.4 is 5.32 Å². The van der Waals surface area contributed by atoms with Gasteiger partial charge in [0.1, 0.15) is 5.82 Å². The predicted molar refractivity (Wildman–Crippen MR) is 54.3 cm³/mol. The van der Waals surface area contributed by atoms with Gasteiger partial charge in [0, 0.05) is 18.0 Å². The van der Waals surface area contributed by atoms with Gasteiger partial charge in [-0.1, -0.05) is 12.2 Å². The molecule has 1 N–H and O–H groups in total. The summed E-state index contributed by atoms with van der Waals surface area (Å²) in [4.78, 5) is 8.20. The maximum absolute atomic E-state index is 4.10. The summed E-state index contributed by atoms with van der Waals surface area (Å²) in [6.45, 7) is 2.89. The van der Waals surface area contributed by atoms with Gasteiger partial charge in [0.2, 0.25) is 0 Å². The smallest absolute Gasteiger partial charge is 0.125 e. The minimum atomic E-state index is 0.812. The monoisotopic (exact) mass is 177 g/mol. The molecule has 0 aromatic carbocycles. The summed E-state index contributed by atoms with van der Waals surface area (Å²) in [5, 5.41) is 3.08. The molecular weight excluding hydrogens is 162 g/mol. The molecule has 0 saturated carbocycles. The second-order valence-corrected chi connectivity index (χ2v) is 2.86. The number of nitrogens with one attached hydrogen (secondary N) is 1. The van der Waals surface area contributed by atoms with Crippen molar-refractivity contribution in [2.45, 2.75) is 13.3 Å². The van der Waals surface area contributed by atoms with Gasteiger partial charge in [-0.2, -0.15) is 0 Å². The van der Waals surface area contributed by atoms with E-state index in [2.05, 4.69) is 21.4 Å². The standard InChI is InChI=1S/C10H15N3/c1-9-12-7-10(8-13-9)5-3-4-6-11-2/h3,5,7-8,11H,4,6H2,1-2H3. The average Bonchev–Trinajstić information content (AvgIpc) is 2.15. The Morgan fingerprint density at radius 1 is 1.38 bits per heavy atom. The van der Waals surface area contributed by atoms with E-state index in [1.807, 2.05) is 32.4 Å². The Balaban J connectivity index is 2.44. The van der Waals surface area contributed by atoms with Gasteiger partial charge in [-0.3, -0.25) is 0 Å². The molecule has 1 aromatic heterocycles. The van der Waals surface area contributed by atoms with Crippen molar-refractivity contribution in [2.24, 2.45) is 0 Å². The first-order valence-electron chi connectivity index (χ1n) is 4.42. The molecule has 0 aliphatic rings. The topological polar surface area (TPSA) is 37.8 Å². The van der Waals surface area contributed by atoms with Gasteiger partial charge in [-0.15, -0.1) is 0 Å². The van der Waals surface area contributed by atoms with Crippen LogP contribution in [0.3, 0.4) is 0 Å². The van der Waals surface area contributed by atoms with Crippen LogP contribution in [0.2, 0.25) is 0 Å². The molecule has 70 valence electrons. The van der Waals surface area contributed by atoms with Crippen molar-refractivity contribution in [3.05, 3.63) is 29.9 Å². The Bertz CT molecular complexity index is 264. The van der Waals surface area contributed by atoms with Crippen LogP contribution in [0.4, 0.5) is 0 Å². The van der Waals surface area contributed by atoms with Crippen LogP contribution in [0, 0.1) is 6.92 Å². The molecule has 0 atom stereocenters. The summed E-state index contributed by atoms with van der Waals surface area (Å²) in [7, 11) is 1.95. The minimum Gasteiger partial charge on any atom is -0.319 e. The molecule has 0 aliphatic carbocycles. The van der Waals surface area contributed by atoms with E-state index in [-0.39, 0.29) is 0 Å². The fourth-order valence-electron chi connectivity index (χ4n) is 0.936. The number of aromatic nitrogens is 2. The highest BCUT2D eigenvalue weighted by Crippen LogP contribution is 1.98. The minimum absolute atomic E-state index is 0.812. The third kappa shape index (κ3) is 3.80. The zero-order valence-electron chi connectivity index (χ0n) is 8.12. The third-order valence-electron chi connectivity index (χ3n) is 1.67. The maximum atomic E-state index is 4.10. The lowest BCUT2D eigenvalue weighted by Crippen LogP contribution is -2.05. The first-order chi connectivity index (χ1) is 6.33. The second kappa shape index (κ2) is 5.43. The first kappa shape index (κ1) is 9.86. The van der Waals surface area contributed by atoms with Crippen molar-refractivity contribution in [2.75, 3.05) is 13.6 Å². The lowest BCUT2D eigenvalue weighted by atomic mass is 10.3. The number of hydrogen-bond donors (Lipinski definition) is 1. The largest absolute Gasteiger partial charge is 0.319 e. The average molecular weight is 177 g/mol. The van der Waals surface area contributed by atoms with Gasteiger partial charge in [-0.05, 0) is 26.9 Å². The number of nitrogens with zero attached hydrogens (tertiary/aromatic N) is 2. The van der Waals surface area contributed by atoms with Gasteiger partial charge in [0.25, 0.3) is 0 Å². The van der Waals surface area contributed by atoms with E-state index >= 15 is 0 Å². The first-order valence-corrected chi connectivity index (χ1v) is 4.42. The molecule has 0 fully saturated rings. The lowest BCUT2D eigenvalue weighted by molar-refractivity contribution is 0.809. The van der Waals surface area contributed by atoms with E-state index in [4.69, 9.17) is 0 Å². The molecule has 3 heteroatoms. The zero-order chi connectivity index (χ0) is 9.52. The molecule has 13 heavy (non-hydrogen) atoms. The van der Waals surface area contributed by atoms with E-state index in [9.17, 15) is 0 Å². The van der Waals surface area contributed by atoms with Crippen LogP contribution in [0.15, 0.2) is 18.5 Å². The fraction of sp³-hybridized carbons (Fsp3) is 0.400. The fourth-order valence-corrected chi connectivity index (χ4v) is 0.936. The summed E-state index contributed by atoms with van der Waals surface area (Å²) in [5.41, 5.74) is 1.06. The third-order valence-corrected chi connectivity index (χ3v) is 1.67. The quantitative estimate of drug-likeness (QED) is 0.706. The molecule has 0 bridgehead atoms. The van der Waals surface area contributed by atoms with Crippen LogP contribution in [0.25, 0.3) is 6.08 Å². The van der Waals surface area contributed by atoms with Crippen LogP contribution in [-0.2, 0) is 0 Å². The molecule has 1 aromatic rings. The molecular formula is C10H15N3. The Morgan fingerprint density at radius 2 is 2.08 bits per heavy atom.